The lowest BCUT2D eigenvalue weighted by atomic mass is 10.1. The second-order valence-electron chi connectivity index (χ2n) is 7.25. The third-order valence-corrected chi connectivity index (χ3v) is 5.03. The number of hydrogen-bond donors (Lipinski definition) is 1. The van der Waals surface area contributed by atoms with E-state index in [-0.39, 0.29) is 5.91 Å². The number of hydrazone groups is 1. The third-order valence-electron chi connectivity index (χ3n) is 5.03. The molecule has 0 atom stereocenters. The Balaban J connectivity index is 1.61. The van der Waals surface area contributed by atoms with Crippen LogP contribution < -0.4 is 10.3 Å². The number of rotatable bonds is 8. The van der Waals surface area contributed by atoms with Crippen molar-refractivity contribution < 1.29 is 4.79 Å². The molecule has 6 nitrogen and oxygen atoms in total. The number of amides is 1. The maximum absolute atomic E-state index is 12.5. The van der Waals surface area contributed by atoms with E-state index in [4.69, 9.17) is 0 Å². The Kier molecular flexibility index (Phi) is 7.01. The van der Waals surface area contributed by atoms with Crippen LogP contribution in [0.4, 0.5) is 5.69 Å². The average molecular weight is 404 g/mol. The number of benzene rings is 2. The molecule has 1 N–H and O–H groups in total. The minimum Gasteiger partial charge on any atom is -0.372 e. The topological polar surface area (TPSA) is 62.5 Å². The van der Waals surface area contributed by atoms with Gasteiger partial charge in [-0.25, -0.2) is 5.43 Å². The van der Waals surface area contributed by atoms with Crippen molar-refractivity contribution >= 4 is 17.8 Å². The van der Waals surface area contributed by atoms with E-state index in [0.29, 0.717) is 12.1 Å². The number of carbonyl (C=O) groups excluding carboxylic acids is 1. The van der Waals surface area contributed by atoms with Gasteiger partial charge >= 0.3 is 0 Å². The van der Waals surface area contributed by atoms with Crippen LogP contribution >= 0.6 is 0 Å². The van der Waals surface area contributed by atoms with Crippen molar-refractivity contribution in [2.24, 2.45) is 5.10 Å². The summed E-state index contributed by atoms with van der Waals surface area (Å²) < 4.78 is 1.94. The van der Waals surface area contributed by atoms with Gasteiger partial charge in [0.25, 0.3) is 5.91 Å². The van der Waals surface area contributed by atoms with Gasteiger partial charge in [-0.05, 0) is 69.2 Å². The first-order valence-electron chi connectivity index (χ1n) is 10.3. The van der Waals surface area contributed by atoms with Crippen LogP contribution in [0.1, 0.15) is 46.7 Å². The van der Waals surface area contributed by atoms with Crippen LogP contribution in [0.2, 0.25) is 0 Å². The highest BCUT2D eigenvalue weighted by molar-refractivity contribution is 5.95. The molecule has 0 radical (unpaired) electrons. The predicted molar refractivity (Wildman–Crippen MR) is 122 cm³/mol. The molecule has 0 saturated carbocycles. The summed E-state index contributed by atoms with van der Waals surface area (Å²) in [7, 11) is 0. The van der Waals surface area contributed by atoms with Crippen molar-refractivity contribution in [1.29, 1.82) is 0 Å². The molecule has 3 aromatic rings. The number of aryl methyl sites for hydroxylation is 2. The van der Waals surface area contributed by atoms with Gasteiger partial charge < -0.3 is 4.90 Å². The maximum atomic E-state index is 12.5. The molecule has 0 spiro atoms. The van der Waals surface area contributed by atoms with Gasteiger partial charge in [-0.2, -0.15) is 10.2 Å². The van der Waals surface area contributed by atoms with Gasteiger partial charge in [-0.1, -0.05) is 24.3 Å². The lowest BCUT2D eigenvalue weighted by Crippen LogP contribution is -2.21. The molecule has 0 aliphatic heterocycles. The van der Waals surface area contributed by atoms with Crippen LogP contribution in [0.15, 0.2) is 59.7 Å². The summed E-state index contributed by atoms with van der Waals surface area (Å²) >= 11 is 0. The fraction of sp³-hybridized carbons (Fsp3) is 0.292. The second-order valence-corrected chi connectivity index (χ2v) is 7.25. The Morgan fingerprint density at radius 3 is 2.47 bits per heavy atom. The highest BCUT2D eigenvalue weighted by Crippen LogP contribution is 2.14. The van der Waals surface area contributed by atoms with Crippen molar-refractivity contribution in [3.63, 3.8) is 0 Å². The standard InChI is InChI=1S/C24H29N5O/c1-5-28(6-2)23-12-10-20(11-13-23)16-25-26-24(30)22-9-7-8-21(15-22)17-29-19(4)14-18(3)27-29/h7-16H,5-6,17H2,1-4H3,(H,26,30)/b25-16+. The van der Waals surface area contributed by atoms with Gasteiger partial charge in [0.2, 0.25) is 0 Å². The number of nitrogens with one attached hydrogen (secondary N) is 1. The largest absolute Gasteiger partial charge is 0.372 e. The SMILES string of the molecule is CCN(CC)c1ccc(/C=N/NC(=O)c2cccc(Cn3nc(C)cc3C)c2)cc1. The van der Waals surface area contributed by atoms with Crippen molar-refractivity contribution in [3.8, 4) is 0 Å². The zero-order valence-corrected chi connectivity index (χ0v) is 18.1. The maximum Gasteiger partial charge on any atom is 0.271 e. The first-order chi connectivity index (χ1) is 14.5. The van der Waals surface area contributed by atoms with E-state index in [2.05, 4.69) is 46.5 Å². The van der Waals surface area contributed by atoms with E-state index >= 15 is 0 Å². The monoisotopic (exact) mass is 403 g/mol. The molecule has 0 fully saturated rings. The van der Waals surface area contributed by atoms with Gasteiger partial charge in [-0.15, -0.1) is 0 Å². The molecule has 1 heterocycles. The van der Waals surface area contributed by atoms with Crippen LogP contribution in [0.25, 0.3) is 0 Å². The van der Waals surface area contributed by atoms with Crippen molar-refractivity contribution in [2.75, 3.05) is 18.0 Å². The Hall–Kier alpha value is -3.41. The van der Waals surface area contributed by atoms with Gasteiger partial charge in [0.15, 0.2) is 0 Å². The van der Waals surface area contributed by atoms with E-state index in [1.165, 1.54) is 5.69 Å². The number of anilines is 1. The van der Waals surface area contributed by atoms with Crippen molar-refractivity contribution in [3.05, 3.63) is 82.7 Å². The average Bonchev–Trinajstić information content (AvgIpc) is 3.06. The Labute approximate surface area is 178 Å². The van der Waals surface area contributed by atoms with Gasteiger partial charge in [-0.3, -0.25) is 9.48 Å². The van der Waals surface area contributed by atoms with E-state index in [1.54, 1.807) is 12.3 Å². The summed E-state index contributed by atoms with van der Waals surface area (Å²) in [5.41, 5.74) is 8.40. The van der Waals surface area contributed by atoms with Crippen molar-refractivity contribution in [1.82, 2.24) is 15.2 Å². The van der Waals surface area contributed by atoms with E-state index in [9.17, 15) is 4.79 Å². The first kappa shape index (κ1) is 21.3. The second kappa shape index (κ2) is 9.87. The molecule has 3 rings (SSSR count). The number of nitrogens with zero attached hydrogens (tertiary/aromatic N) is 4. The number of carbonyl (C=O) groups is 1. The Bertz CT molecular complexity index is 1020. The zero-order chi connectivity index (χ0) is 21.5. The fourth-order valence-corrected chi connectivity index (χ4v) is 3.41. The minimum atomic E-state index is -0.235. The predicted octanol–water partition coefficient (Wildman–Crippen LogP) is 4.16. The van der Waals surface area contributed by atoms with Crippen LogP contribution in [-0.4, -0.2) is 35.0 Å². The molecule has 0 aliphatic rings. The first-order valence-corrected chi connectivity index (χ1v) is 10.3. The molecule has 0 unspecified atom stereocenters. The van der Waals surface area contributed by atoms with Crippen LogP contribution in [-0.2, 0) is 6.54 Å². The molecule has 2 aromatic carbocycles. The summed E-state index contributed by atoms with van der Waals surface area (Å²) in [6, 6.07) is 17.7. The molecule has 6 heteroatoms. The molecular weight excluding hydrogens is 374 g/mol. The van der Waals surface area contributed by atoms with Gasteiger partial charge in [0.05, 0.1) is 18.5 Å². The summed E-state index contributed by atoms with van der Waals surface area (Å²) in [5, 5.41) is 8.59. The van der Waals surface area contributed by atoms with Gasteiger partial charge in [0, 0.05) is 30.0 Å². The smallest absolute Gasteiger partial charge is 0.271 e. The van der Waals surface area contributed by atoms with Crippen molar-refractivity contribution in [2.45, 2.75) is 34.2 Å². The minimum absolute atomic E-state index is 0.235. The van der Waals surface area contributed by atoms with Crippen LogP contribution in [0, 0.1) is 13.8 Å². The molecule has 1 amide bonds. The fourth-order valence-electron chi connectivity index (χ4n) is 3.41. The zero-order valence-electron chi connectivity index (χ0n) is 18.1. The summed E-state index contributed by atoms with van der Waals surface area (Å²) in [4.78, 5) is 14.8. The Morgan fingerprint density at radius 2 is 1.83 bits per heavy atom. The molecular formula is C24H29N5O. The number of hydrogen-bond acceptors (Lipinski definition) is 4. The van der Waals surface area contributed by atoms with E-state index in [0.717, 1.165) is 35.6 Å². The van der Waals surface area contributed by atoms with Gasteiger partial charge in [0.1, 0.15) is 0 Å². The Morgan fingerprint density at radius 1 is 1.10 bits per heavy atom. The van der Waals surface area contributed by atoms with E-state index in [1.807, 2.05) is 54.9 Å². The summed E-state index contributed by atoms with van der Waals surface area (Å²) in [6.07, 6.45) is 1.66. The quantitative estimate of drug-likeness (QED) is 0.454. The van der Waals surface area contributed by atoms with Crippen LogP contribution in [0.5, 0.6) is 0 Å². The lowest BCUT2D eigenvalue weighted by Gasteiger charge is -2.20. The molecule has 0 bridgehead atoms. The molecule has 1 aromatic heterocycles. The number of aromatic nitrogens is 2. The van der Waals surface area contributed by atoms with E-state index < -0.39 is 0 Å². The highest BCUT2D eigenvalue weighted by atomic mass is 16.2. The molecule has 156 valence electrons. The third kappa shape index (κ3) is 5.35. The molecule has 0 saturated heterocycles. The molecule has 30 heavy (non-hydrogen) atoms. The normalized spacial score (nSPS) is 11.1. The summed E-state index contributed by atoms with van der Waals surface area (Å²) in [6.45, 7) is 10.9. The highest BCUT2D eigenvalue weighted by Gasteiger charge is 2.07. The molecule has 0 aliphatic carbocycles. The lowest BCUT2D eigenvalue weighted by molar-refractivity contribution is 0.0955. The van der Waals surface area contributed by atoms with Crippen LogP contribution in [0.3, 0.4) is 0 Å². The summed E-state index contributed by atoms with van der Waals surface area (Å²) in [5.74, 6) is -0.235.